The minimum atomic E-state index is -4.49. The van der Waals surface area contributed by atoms with E-state index in [1.165, 1.54) is 18.2 Å². The Morgan fingerprint density at radius 1 is 1.08 bits per heavy atom. The molecule has 9 heteroatoms. The van der Waals surface area contributed by atoms with Gasteiger partial charge in [0.2, 0.25) is 10.0 Å². The molecule has 0 unspecified atom stereocenters. The molecule has 2 rings (SSSR count). The van der Waals surface area contributed by atoms with Crippen LogP contribution in [0.25, 0.3) is 0 Å². The largest absolute Gasteiger partial charge is 0.416 e. The number of anilines is 1. The first-order valence-electron chi connectivity index (χ1n) is 6.60. The first-order chi connectivity index (χ1) is 11.0. The molecule has 0 saturated heterocycles. The topological polar surface area (TPSA) is 89.3 Å². The van der Waals surface area contributed by atoms with E-state index in [2.05, 4.69) is 5.32 Å². The molecule has 2 aromatic rings. The average Bonchev–Trinajstić information content (AvgIpc) is 2.47. The predicted molar refractivity (Wildman–Crippen MR) is 81.9 cm³/mol. The predicted octanol–water partition coefficient (Wildman–Crippen LogP) is 2.91. The van der Waals surface area contributed by atoms with Crippen molar-refractivity contribution in [2.45, 2.75) is 18.0 Å². The van der Waals surface area contributed by atoms with E-state index in [-0.39, 0.29) is 16.1 Å². The van der Waals surface area contributed by atoms with Gasteiger partial charge in [-0.15, -0.1) is 0 Å². The molecule has 0 radical (unpaired) electrons. The van der Waals surface area contributed by atoms with Gasteiger partial charge in [-0.25, -0.2) is 13.6 Å². The Morgan fingerprint density at radius 3 is 2.17 bits per heavy atom. The molecule has 0 heterocycles. The molecule has 0 bridgehead atoms. The van der Waals surface area contributed by atoms with Gasteiger partial charge < -0.3 is 5.32 Å². The van der Waals surface area contributed by atoms with Crippen LogP contribution in [0, 0.1) is 6.92 Å². The lowest BCUT2D eigenvalue weighted by atomic mass is 10.1. The second kappa shape index (κ2) is 6.25. The van der Waals surface area contributed by atoms with Crippen LogP contribution in [0.2, 0.25) is 0 Å². The summed E-state index contributed by atoms with van der Waals surface area (Å²) in [6.45, 7) is 1.54. The molecule has 0 aliphatic heterocycles. The molecular formula is C15H13F3N2O3S. The van der Waals surface area contributed by atoms with Crippen LogP contribution >= 0.6 is 0 Å². The van der Waals surface area contributed by atoms with Gasteiger partial charge in [0.15, 0.2) is 0 Å². The van der Waals surface area contributed by atoms with Crippen LogP contribution in [0.5, 0.6) is 0 Å². The van der Waals surface area contributed by atoms with Crippen LogP contribution in [-0.2, 0) is 16.2 Å². The minimum absolute atomic E-state index is 0.000676. The number of carbonyl (C=O) groups excluding carboxylic acids is 1. The quantitative estimate of drug-likeness (QED) is 0.884. The fraction of sp³-hybridized carbons (Fsp3) is 0.133. The van der Waals surface area contributed by atoms with E-state index in [1.807, 2.05) is 0 Å². The van der Waals surface area contributed by atoms with Crippen molar-refractivity contribution in [1.82, 2.24) is 0 Å². The number of benzene rings is 2. The lowest BCUT2D eigenvalue weighted by molar-refractivity contribution is -0.137. The Kier molecular flexibility index (Phi) is 4.68. The van der Waals surface area contributed by atoms with Gasteiger partial charge >= 0.3 is 6.18 Å². The molecule has 2 aromatic carbocycles. The normalized spacial score (nSPS) is 12.0. The van der Waals surface area contributed by atoms with Gasteiger partial charge in [0, 0.05) is 11.3 Å². The van der Waals surface area contributed by atoms with Gasteiger partial charge in [-0.05, 0) is 48.9 Å². The minimum Gasteiger partial charge on any atom is -0.322 e. The van der Waals surface area contributed by atoms with Crippen LogP contribution in [0.4, 0.5) is 18.9 Å². The van der Waals surface area contributed by atoms with Gasteiger partial charge in [0.25, 0.3) is 5.91 Å². The molecule has 5 nitrogen and oxygen atoms in total. The molecule has 0 aromatic heterocycles. The van der Waals surface area contributed by atoms with Gasteiger partial charge in [-0.1, -0.05) is 6.07 Å². The van der Waals surface area contributed by atoms with Gasteiger partial charge in [-0.2, -0.15) is 13.2 Å². The second-order valence-electron chi connectivity index (χ2n) is 5.05. The van der Waals surface area contributed by atoms with Crippen molar-refractivity contribution in [2.75, 3.05) is 5.32 Å². The smallest absolute Gasteiger partial charge is 0.322 e. The Bertz CT molecular complexity index is 876. The Hall–Kier alpha value is -2.39. The highest BCUT2D eigenvalue weighted by atomic mass is 32.2. The summed E-state index contributed by atoms with van der Waals surface area (Å²) in [4.78, 5) is 11.9. The van der Waals surface area contributed by atoms with Crippen molar-refractivity contribution >= 4 is 21.6 Å². The fourth-order valence-electron chi connectivity index (χ4n) is 2.00. The number of primary sulfonamides is 1. The molecule has 0 fully saturated rings. The second-order valence-corrected chi connectivity index (χ2v) is 6.58. The Labute approximate surface area is 136 Å². The summed E-state index contributed by atoms with van der Waals surface area (Å²) >= 11 is 0. The summed E-state index contributed by atoms with van der Waals surface area (Å²) in [6.07, 6.45) is -4.49. The van der Waals surface area contributed by atoms with E-state index in [9.17, 15) is 26.4 Å². The first-order valence-corrected chi connectivity index (χ1v) is 8.15. The lowest BCUT2D eigenvalue weighted by Crippen LogP contribution is -2.16. The molecule has 0 spiro atoms. The number of nitrogens with one attached hydrogen (secondary N) is 1. The zero-order chi connectivity index (χ0) is 18.1. The third-order valence-electron chi connectivity index (χ3n) is 3.23. The number of halogens is 3. The van der Waals surface area contributed by atoms with Crippen molar-refractivity contribution in [3.8, 4) is 0 Å². The maximum Gasteiger partial charge on any atom is 0.416 e. The third kappa shape index (κ3) is 4.12. The van der Waals surface area contributed by atoms with Crippen molar-refractivity contribution in [2.24, 2.45) is 5.14 Å². The summed E-state index contributed by atoms with van der Waals surface area (Å²) in [7, 11) is -3.95. The van der Waals surface area contributed by atoms with Gasteiger partial charge in [-0.3, -0.25) is 4.79 Å². The number of rotatable bonds is 3. The molecule has 3 N–H and O–H groups in total. The Balaban J connectivity index is 2.24. The van der Waals surface area contributed by atoms with Crippen molar-refractivity contribution in [3.63, 3.8) is 0 Å². The van der Waals surface area contributed by atoms with Crippen LogP contribution in [0.3, 0.4) is 0 Å². The molecule has 1 amide bonds. The Morgan fingerprint density at radius 2 is 1.67 bits per heavy atom. The van der Waals surface area contributed by atoms with Crippen LogP contribution in [0.1, 0.15) is 21.5 Å². The zero-order valence-corrected chi connectivity index (χ0v) is 13.2. The number of hydrogen-bond acceptors (Lipinski definition) is 3. The van der Waals surface area contributed by atoms with E-state index < -0.39 is 27.7 Å². The van der Waals surface area contributed by atoms with E-state index >= 15 is 0 Å². The number of alkyl halides is 3. The average molecular weight is 358 g/mol. The molecule has 128 valence electrons. The number of sulfonamides is 1. The fourth-order valence-corrected chi connectivity index (χ4v) is 2.81. The number of aryl methyl sites for hydroxylation is 1. The lowest BCUT2D eigenvalue weighted by Gasteiger charge is -2.10. The summed E-state index contributed by atoms with van der Waals surface area (Å²) in [5, 5.41) is 7.49. The molecule has 0 aliphatic rings. The zero-order valence-electron chi connectivity index (χ0n) is 12.4. The van der Waals surface area contributed by atoms with Crippen LogP contribution in [0.15, 0.2) is 47.4 Å². The number of amides is 1. The third-order valence-corrected chi connectivity index (χ3v) is 4.28. The van der Waals surface area contributed by atoms with Crippen LogP contribution in [-0.4, -0.2) is 14.3 Å². The number of hydrogen-bond donors (Lipinski definition) is 2. The van der Waals surface area contributed by atoms with E-state index in [0.717, 1.165) is 24.3 Å². The summed E-state index contributed by atoms with van der Waals surface area (Å²) in [5.41, 5.74) is -0.300. The standard InChI is InChI=1S/C15H13F3N2O3S/c1-9-2-7-12(8-13(9)24(19,22)23)20-14(21)10-3-5-11(6-4-10)15(16,17)18/h2-8H,1H3,(H,20,21)(H2,19,22,23). The highest BCUT2D eigenvalue weighted by molar-refractivity contribution is 7.89. The molecule has 0 atom stereocenters. The maximum atomic E-state index is 12.5. The van der Waals surface area contributed by atoms with E-state index in [1.54, 1.807) is 6.92 Å². The van der Waals surface area contributed by atoms with Gasteiger partial charge in [0.1, 0.15) is 0 Å². The number of carbonyl (C=O) groups is 1. The van der Waals surface area contributed by atoms with E-state index in [0.29, 0.717) is 5.56 Å². The molecular weight excluding hydrogens is 345 g/mol. The molecule has 0 aliphatic carbocycles. The van der Waals surface area contributed by atoms with E-state index in [4.69, 9.17) is 5.14 Å². The molecule has 0 saturated carbocycles. The van der Waals surface area contributed by atoms with Crippen molar-refractivity contribution < 1.29 is 26.4 Å². The summed E-state index contributed by atoms with van der Waals surface area (Å²) < 4.78 is 60.4. The van der Waals surface area contributed by atoms with Gasteiger partial charge in [0.05, 0.1) is 10.5 Å². The summed E-state index contributed by atoms with van der Waals surface area (Å²) in [5.74, 6) is -0.673. The van der Waals surface area contributed by atoms with Crippen LogP contribution < -0.4 is 10.5 Å². The maximum absolute atomic E-state index is 12.5. The summed E-state index contributed by atoms with van der Waals surface area (Å²) in [6, 6.07) is 7.76. The SMILES string of the molecule is Cc1ccc(NC(=O)c2ccc(C(F)(F)F)cc2)cc1S(N)(=O)=O. The molecule has 24 heavy (non-hydrogen) atoms. The number of nitrogens with two attached hydrogens (primary N) is 1. The first kappa shape index (κ1) is 18.0. The monoisotopic (exact) mass is 358 g/mol. The van der Waals surface area contributed by atoms with Crippen molar-refractivity contribution in [3.05, 3.63) is 59.2 Å². The highest BCUT2D eigenvalue weighted by Gasteiger charge is 2.30. The highest BCUT2D eigenvalue weighted by Crippen LogP contribution is 2.29. The van der Waals surface area contributed by atoms with Crippen molar-refractivity contribution in [1.29, 1.82) is 0 Å².